The van der Waals surface area contributed by atoms with E-state index in [0.29, 0.717) is 6.42 Å². The lowest BCUT2D eigenvalue weighted by Gasteiger charge is -2.26. The topological polar surface area (TPSA) is 46.5 Å². The summed E-state index contributed by atoms with van der Waals surface area (Å²) < 4.78 is 6.30. The molecule has 0 aliphatic carbocycles. The predicted octanol–water partition coefficient (Wildman–Crippen LogP) is 2.87. The molecule has 1 aromatic carbocycles. The molecule has 0 heterocycles. The summed E-state index contributed by atoms with van der Waals surface area (Å²) in [7, 11) is 1.54. The SMILES string of the molecule is COC(C)(CC(=O)O)Cc1ccc(Br)cc1. The van der Waals surface area contributed by atoms with E-state index in [1.165, 1.54) is 0 Å². The van der Waals surface area contributed by atoms with Crippen molar-refractivity contribution in [3.63, 3.8) is 0 Å². The van der Waals surface area contributed by atoms with E-state index in [1.54, 1.807) is 7.11 Å². The molecule has 88 valence electrons. The highest BCUT2D eigenvalue weighted by molar-refractivity contribution is 9.10. The highest BCUT2D eigenvalue weighted by atomic mass is 79.9. The van der Waals surface area contributed by atoms with E-state index in [2.05, 4.69) is 15.9 Å². The normalized spacial score (nSPS) is 14.4. The molecule has 16 heavy (non-hydrogen) atoms. The second kappa shape index (κ2) is 5.46. The standard InChI is InChI=1S/C12H15BrO3/c1-12(16-2,8-11(14)15)7-9-3-5-10(13)6-4-9/h3-6H,7-8H2,1-2H3,(H,14,15). The second-order valence-electron chi connectivity index (χ2n) is 4.03. The van der Waals surface area contributed by atoms with Crippen molar-refractivity contribution in [1.82, 2.24) is 0 Å². The number of carboxylic acid groups (broad SMARTS) is 1. The summed E-state index contributed by atoms with van der Waals surface area (Å²) in [6.07, 6.45) is 0.586. The predicted molar refractivity (Wildman–Crippen MR) is 65.5 cm³/mol. The first kappa shape index (κ1) is 13.2. The van der Waals surface area contributed by atoms with Gasteiger partial charge in [0.1, 0.15) is 0 Å². The number of rotatable bonds is 5. The van der Waals surface area contributed by atoms with Gasteiger partial charge in [0.05, 0.1) is 12.0 Å². The third kappa shape index (κ3) is 3.94. The number of hydrogen-bond donors (Lipinski definition) is 1. The van der Waals surface area contributed by atoms with E-state index in [1.807, 2.05) is 31.2 Å². The molecule has 0 fully saturated rings. The van der Waals surface area contributed by atoms with Crippen LogP contribution in [0, 0.1) is 0 Å². The van der Waals surface area contributed by atoms with Gasteiger partial charge in [0, 0.05) is 18.0 Å². The quantitative estimate of drug-likeness (QED) is 0.905. The summed E-state index contributed by atoms with van der Waals surface area (Å²) in [6, 6.07) is 7.80. The van der Waals surface area contributed by atoms with Crippen LogP contribution in [0.5, 0.6) is 0 Å². The second-order valence-corrected chi connectivity index (χ2v) is 4.94. The van der Waals surface area contributed by atoms with E-state index >= 15 is 0 Å². The van der Waals surface area contributed by atoms with Gasteiger partial charge in [0.25, 0.3) is 0 Å². The molecule has 0 aliphatic rings. The molecule has 0 spiro atoms. The largest absolute Gasteiger partial charge is 0.481 e. The van der Waals surface area contributed by atoms with Crippen LogP contribution < -0.4 is 0 Å². The summed E-state index contributed by atoms with van der Waals surface area (Å²) in [6.45, 7) is 1.81. The van der Waals surface area contributed by atoms with Crippen molar-refractivity contribution in [3.05, 3.63) is 34.3 Å². The molecule has 1 aromatic rings. The minimum Gasteiger partial charge on any atom is -0.481 e. The first-order chi connectivity index (χ1) is 7.45. The molecule has 1 unspecified atom stereocenters. The summed E-state index contributed by atoms with van der Waals surface area (Å²) in [5, 5.41) is 8.81. The number of benzene rings is 1. The van der Waals surface area contributed by atoms with Crippen LogP contribution in [-0.4, -0.2) is 23.8 Å². The van der Waals surface area contributed by atoms with Crippen molar-refractivity contribution in [2.45, 2.75) is 25.4 Å². The van der Waals surface area contributed by atoms with Crippen molar-refractivity contribution in [1.29, 1.82) is 0 Å². The van der Waals surface area contributed by atoms with Gasteiger partial charge < -0.3 is 9.84 Å². The van der Waals surface area contributed by atoms with E-state index in [4.69, 9.17) is 9.84 Å². The average Bonchev–Trinajstić information content (AvgIpc) is 2.20. The molecule has 1 atom stereocenters. The van der Waals surface area contributed by atoms with Crippen LogP contribution in [0.4, 0.5) is 0 Å². The highest BCUT2D eigenvalue weighted by Crippen LogP contribution is 2.22. The zero-order valence-electron chi connectivity index (χ0n) is 9.37. The van der Waals surface area contributed by atoms with Gasteiger partial charge in [0.15, 0.2) is 0 Å². The summed E-state index contributed by atoms with van der Waals surface area (Å²) in [5.74, 6) is -0.846. The molecule has 0 aromatic heterocycles. The lowest BCUT2D eigenvalue weighted by molar-refractivity contribution is -0.143. The third-order valence-corrected chi connectivity index (χ3v) is 3.04. The smallest absolute Gasteiger partial charge is 0.306 e. The number of halogens is 1. The van der Waals surface area contributed by atoms with Gasteiger partial charge in [-0.25, -0.2) is 0 Å². The lowest BCUT2D eigenvalue weighted by atomic mass is 9.93. The number of carbonyl (C=O) groups is 1. The molecule has 0 radical (unpaired) electrons. The number of aliphatic carboxylic acids is 1. The van der Waals surface area contributed by atoms with Crippen LogP contribution in [0.2, 0.25) is 0 Å². The van der Waals surface area contributed by atoms with Crippen LogP contribution in [-0.2, 0) is 16.0 Å². The minimum atomic E-state index is -0.846. The van der Waals surface area contributed by atoms with E-state index in [9.17, 15) is 4.79 Å². The molecule has 1 rings (SSSR count). The maximum absolute atomic E-state index is 10.7. The number of methoxy groups -OCH3 is 1. The minimum absolute atomic E-state index is 0.000433. The Balaban J connectivity index is 2.76. The van der Waals surface area contributed by atoms with Crippen LogP contribution in [0.15, 0.2) is 28.7 Å². The Morgan fingerprint density at radius 3 is 2.44 bits per heavy atom. The number of carboxylic acids is 1. The van der Waals surface area contributed by atoms with Crippen LogP contribution in [0.1, 0.15) is 18.9 Å². The lowest BCUT2D eigenvalue weighted by Crippen LogP contribution is -2.33. The van der Waals surface area contributed by atoms with E-state index < -0.39 is 11.6 Å². The Hall–Kier alpha value is -0.870. The fraction of sp³-hybridized carbons (Fsp3) is 0.417. The first-order valence-corrected chi connectivity index (χ1v) is 5.76. The number of ether oxygens (including phenoxy) is 1. The van der Waals surface area contributed by atoms with Gasteiger partial charge in [-0.05, 0) is 24.6 Å². The van der Waals surface area contributed by atoms with E-state index in [0.717, 1.165) is 10.0 Å². The molecule has 4 heteroatoms. The van der Waals surface area contributed by atoms with Crippen molar-refractivity contribution in [3.8, 4) is 0 Å². The Morgan fingerprint density at radius 1 is 1.44 bits per heavy atom. The van der Waals surface area contributed by atoms with Crippen molar-refractivity contribution in [2.24, 2.45) is 0 Å². The Bertz CT molecular complexity index is 361. The summed E-state index contributed by atoms with van der Waals surface area (Å²) in [4.78, 5) is 10.7. The average molecular weight is 287 g/mol. The van der Waals surface area contributed by atoms with Crippen molar-refractivity contribution in [2.75, 3.05) is 7.11 Å². The van der Waals surface area contributed by atoms with Crippen molar-refractivity contribution < 1.29 is 14.6 Å². The molecule has 0 aliphatic heterocycles. The van der Waals surface area contributed by atoms with Crippen LogP contribution in [0.3, 0.4) is 0 Å². The number of hydrogen-bond acceptors (Lipinski definition) is 2. The zero-order valence-corrected chi connectivity index (χ0v) is 11.0. The van der Waals surface area contributed by atoms with Gasteiger partial charge in [0.2, 0.25) is 0 Å². The molecule has 0 bridgehead atoms. The van der Waals surface area contributed by atoms with Crippen LogP contribution in [0.25, 0.3) is 0 Å². The molecular formula is C12H15BrO3. The fourth-order valence-corrected chi connectivity index (χ4v) is 1.83. The molecule has 0 saturated carbocycles. The maximum Gasteiger partial charge on any atom is 0.306 e. The Labute approximate surface area is 104 Å². The molecular weight excluding hydrogens is 272 g/mol. The molecule has 3 nitrogen and oxygen atoms in total. The van der Waals surface area contributed by atoms with Gasteiger partial charge in [-0.1, -0.05) is 28.1 Å². The van der Waals surface area contributed by atoms with Gasteiger partial charge in [-0.2, -0.15) is 0 Å². The van der Waals surface area contributed by atoms with Gasteiger partial charge in [-0.15, -0.1) is 0 Å². The Morgan fingerprint density at radius 2 is 2.00 bits per heavy atom. The fourth-order valence-electron chi connectivity index (χ4n) is 1.56. The zero-order chi connectivity index (χ0) is 12.2. The van der Waals surface area contributed by atoms with Crippen LogP contribution >= 0.6 is 15.9 Å². The maximum atomic E-state index is 10.7. The van der Waals surface area contributed by atoms with E-state index in [-0.39, 0.29) is 6.42 Å². The Kier molecular flexibility index (Phi) is 4.50. The van der Waals surface area contributed by atoms with Gasteiger partial charge >= 0.3 is 5.97 Å². The summed E-state index contributed by atoms with van der Waals surface area (Å²) >= 11 is 3.36. The third-order valence-electron chi connectivity index (χ3n) is 2.51. The molecule has 0 amide bonds. The monoisotopic (exact) mass is 286 g/mol. The summed E-state index contributed by atoms with van der Waals surface area (Å²) in [5.41, 5.74) is 0.411. The first-order valence-electron chi connectivity index (χ1n) is 4.96. The molecule has 0 saturated heterocycles. The highest BCUT2D eigenvalue weighted by Gasteiger charge is 2.27. The molecule has 1 N–H and O–H groups in total. The van der Waals surface area contributed by atoms with Gasteiger partial charge in [-0.3, -0.25) is 4.79 Å². The van der Waals surface area contributed by atoms with Crippen molar-refractivity contribution >= 4 is 21.9 Å².